The van der Waals surface area contributed by atoms with E-state index >= 15 is 0 Å². The van der Waals surface area contributed by atoms with Crippen LogP contribution in [-0.4, -0.2) is 67.8 Å². The Morgan fingerprint density at radius 1 is 0.862 bits per heavy atom. The largest absolute Gasteiger partial charge is 0.337 e. The first-order valence-corrected chi connectivity index (χ1v) is 9.63. The molecule has 1 fully saturated rings. The maximum absolute atomic E-state index is 12.9. The average molecular weight is 390 g/mol. The predicted octanol–water partition coefficient (Wildman–Crippen LogP) is 1.71. The third-order valence-corrected chi connectivity index (χ3v) is 4.94. The molecular weight excluding hydrogens is 368 g/mol. The second-order valence-electron chi connectivity index (χ2n) is 6.96. The number of pyridine rings is 1. The van der Waals surface area contributed by atoms with Gasteiger partial charge in [-0.05, 0) is 24.1 Å². The molecule has 0 radical (unpaired) electrons. The quantitative estimate of drug-likeness (QED) is 0.677. The standard InChI is InChI=1S/C21H22N6O2/c28-20(18-7-9-22-10-8-18)25-11-4-12-26(14-13-25)21(29)19-16-27(24-23-19)15-17-5-2-1-3-6-17/h1-3,5-10,16H,4,11-15H2. The van der Waals surface area contributed by atoms with Crippen molar-refractivity contribution < 1.29 is 9.59 Å². The molecule has 0 atom stereocenters. The van der Waals surface area contributed by atoms with E-state index in [1.165, 1.54) is 0 Å². The summed E-state index contributed by atoms with van der Waals surface area (Å²) in [7, 11) is 0. The zero-order chi connectivity index (χ0) is 20.1. The van der Waals surface area contributed by atoms with E-state index in [1.54, 1.807) is 45.2 Å². The number of amides is 2. The zero-order valence-corrected chi connectivity index (χ0v) is 16.0. The molecule has 148 valence electrons. The first kappa shape index (κ1) is 18.8. The highest BCUT2D eigenvalue weighted by Crippen LogP contribution is 2.11. The lowest BCUT2D eigenvalue weighted by Gasteiger charge is -2.21. The van der Waals surface area contributed by atoms with Gasteiger partial charge in [-0.1, -0.05) is 35.5 Å². The molecule has 0 bridgehead atoms. The Bertz CT molecular complexity index is 973. The summed E-state index contributed by atoms with van der Waals surface area (Å²) >= 11 is 0. The maximum atomic E-state index is 12.9. The highest BCUT2D eigenvalue weighted by Gasteiger charge is 2.25. The van der Waals surface area contributed by atoms with Crippen LogP contribution < -0.4 is 0 Å². The van der Waals surface area contributed by atoms with Crippen molar-refractivity contribution in [2.24, 2.45) is 0 Å². The SMILES string of the molecule is O=C(c1ccncc1)N1CCCN(C(=O)c2cn(Cc3ccccc3)nn2)CC1. The Morgan fingerprint density at radius 2 is 1.55 bits per heavy atom. The van der Waals surface area contributed by atoms with Crippen LogP contribution in [0, 0.1) is 0 Å². The molecule has 3 aromatic rings. The highest BCUT2D eigenvalue weighted by atomic mass is 16.2. The lowest BCUT2D eigenvalue weighted by molar-refractivity contribution is 0.0715. The van der Waals surface area contributed by atoms with Crippen LogP contribution in [0.5, 0.6) is 0 Å². The van der Waals surface area contributed by atoms with Crippen molar-refractivity contribution >= 4 is 11.8 Å². The number of nitrogens with zero attached hydrogens (tertiary/aromatic N) is 6. The zero-order valence-electron chi connectivity index (χ0n) is 16.0. The van der Waals surface area contributed by atoms with Gasteiger partial charge >= 0.3 is 0 Å². The molecule has 0 N–H and O–H groups in total. The van der Waals surface area contributed by atoms with Gasteiger partial charge in [0.05, 0.1) is 12.7 Å². The first-order chi connectivity index (χ1) is 14.2. The fourth-order valence-electron chi connectivity index (χ4n) is 3.41. The number of benzene rings is 1. The smallest absolute Gasteiger partial charge is 0.276 e. The fourth-order valence-corrected chi connectivity index (χ4v) is 3.41. The number of hydrogen-bond donors (Lipinski definition) is 0. The highest BCUT2D eigenvalue weighted by molar-refractivity contribution is 5.94. The molecule has 2 aromatic heterocycles. The molecule has 4 rings (SSSR count). The van der Waals surface area contributed by atoms with Crippen molar-refractivity contribution in [3.8, 4) is 0 Å². The molecule has 0 spiro atoms. The lowest BCUT2D eigenvalue weighted by Crippen LogP contribution is -2.37. The minimum Gasteiger partial charge on any atom is -0.337 e. The van der Waals surface area contributed by atoms with Crippen molar-refractivity contribution in [3.63, 3.8) is 0 Å². The summed E-state index contributed by atoms with van der Waals surface area (Å²) in [5.74, 6) is -0.182. The van der Waals surface area contributed by atoms with Gasteiger partial charge in [-0.2, -0.15) is 0 Å². The van der Waals surface area contributed by atoms with E-state index in [1.807, 2.05) is 30.3 Å². The molecule has 0 saturated carbocycles. The molecule has 8 heteroatoms. The van der Waals surface area contributed by atoms with Crippen molar-refractivity contribution in [1.29, 1.82) is 0 Å². The molecule has 29 heavy (non-hydrogen) atoms. The molecule has 1 aromatic carbocycles. The number of carbonyl (C=O) groups is 2. The molecule has 0 aliphatic carbocycles. The monoisotopic (exact) mass is 390 g/mol. The topological polar surface area (TPSA) is 84.2 Å². The van der Waals surface area contributed by atoms with Crippen LogP contribution in [0.4, 0.5) is 0 Å². The van der Waals surface area contributed by atoms with Crippen LogP contribution in [0.15, 0.2) is 61.1 Å². The Kier molecular flexibility index (Phi) is 5.60. The van der Waals surface area contributed by atoms with E-state index in [0.29, 0.717) is 44.0 Å². The van der Waals surface area contributed by atoms with Crippen LogP contribution in [0.25, 0.3) is 0 Å². The summed E-state index contributed by atoms with van der Waals surface area (Å²) < 4.78 is 1.67. The van der Waals surface area contributed by atoms with Crippen LogP contribution in [0.3, 0.4) is 0 Å². The molecule has 8 nitrogen and oxygen atoms in total. The lowest BCUT2D eigenvalue weighted by atomic mass is 10.2. The number of hydrogen-bond acceptors (Lipinski definition) is 5. The molecule has 2 amide bonds. The summed E-state index contributed by atoms with van der Waals surface area (Å²) in [5.41, 5.74) is 2.04. The van der Waals surface area contributed by atoms with Gasteiger partial charge in [0.2, 0.25) is 0 Å². The Balaban J connectivity index is 1.38. The van der Waals surface area contributed by atoms with E-state index in [9.17, 15) is 9.59 Å². The molecular formula is C21H22N6O2. The van der Waals surface area contributed by atoms with E-state index in [4.69, 9.17) is 0 Å². The minimum absolute atomic E-state index is 0.0319. The maximum Gasteiger partial charge on any atom is 0.276 e. The van der Waals surface area contributed by atoms with Crippen molar-refractivity contribution in [2.75, 3.05) is 26.2 Å². The van der Waals surface area contributed by atoms with Gasteiger partial charge in [0.1, 0.15) is 0 Å². The Morgan fingerprint density at radius 3 is 2.28 bits per heavy atom. The molecule has 1 aliphatic rings. The van der Waals surface area contributed by atoms with Crippen molar-refractivity contribution in [3.05, 3.63) is 77.9 Å². The van der Waals surface area contributed by atoms with Gasteiger partial charge in [0, 0.05) is 44.1 Å². The summed E-state index contributed by atoms with van der Waals surface area (Å²) in [6.07, 6.45) is 5.63. The molecule has 0 unspecified atom stereocenters. The summed E-state index contributed by atoms with van der Waals surface area (Å²) in [6.45, 7) is 2.73. The number of carbonyl (C=O) groups excluding carboxylic acids is 2. The van der Waals surface area contributed by atoms with Crippen molar-refractivity contribution in [2.45, 2.75) is 13.0 Å². The number of rotatable bonds is 4. The van der Waals surface area contributed by atoms with Crippen LogP contribution >= 0.6 is 0 Å². The van der Waals surface area contributed by atoms with E-state index in [-0.39, 0.29) is 11.8 Å². The molecule has 1 aliphatic heterocycles. The second-order valence-corrected chi connectivity index (χ2v) is 6.96. The van der Waals surface area contributed by atoms with Gasteiger partial charge in [0.15, 0.2) is 5.69 Å². The van der Waals surface area contributed by atoms with E-state index in [0.717, 1.165) is 12.0 Å². The van der Waals surface area contributed by atoms with Gasteiger partial charge < -0.3 is 9.80 Å². The third-order valence-electron chi connectivity index (χ3n) is 4.94. The molecule has 3 heterocycles. The molecule has 1 saturated heterocycles. The van der Waals surface area contributed by atoms with Gasteiger partial charge in [-0.25, -0.2) is 4.68 Å². The second kappa shape index (κ2) is 8.64. The van der Waals surface area contributed by atoms with Gasteiger partial charge in [0.25, 0.3) is 11.8 Å². The van der Waals surface area contributed by atoms with Crippen LogP contribution in [-0.2, 0) is 6.54 Å². The summed E-state index contributed by atoms with van der Waals surface area (Å²) in [4.78, 5) is 33.0. The van der Waals surface area contributed by atoms with Crippen LogP contribution in [0.2, 0.25) is 0 Å². The van der Waals surface area contributed by atoms with E-state index in [2.05, 4.69) is 15.3 Å². The van der Waals surface area contributed by atoms with Crippen molar-refractivity contribution in [1.82, 2.24) is 29.8 Å². The summed E-state index contributed by atoms with van der Waals surface area (Å²) in [6, 6.07) is 13.3. The van der Waals surface area contributed by atoms with E-state index < -0.39 is 0 Å². The minimum atomic E-state index is -0.150. The van der Waals surface area contributed by atoms with Gasteiger partial charge in [-0.3, -0.25) is 14.6 Å². The first-order valence-electron chi connectivity index (χ1n) is 9.63. The number of aromatic nitrogens is 4. The normalized spacial score (nSPS) is 14.5. The summed E-state index contributed by atoms with van der Waals surface area (Å²) in [5, 5.41) is 8.14. The fraction of sp³-hybridized carbons (Fsp3) is 0.286. The average Bonchev–Trinajstić information content (AvgIpc) is 3.09. The van der Waals surface area contributed by atoms with Crippen LogP contribution in [0.1, 0.15) is 32.8 Å². The van der Waals surface area contributed by atoms with Gasteiger partial charge in [-0.15, -0.1) is 5.10 Å². The third kappa shape index (κ3) is 4.48. The Hall–Kier alpha value is -3.55. The Labute approximate surface area is 168 Å². The predicted molar refractivity (Wildman–Crippen MR) is 106 cm³/mol.